The van der Waals surface area contributed by atoms with Gasteiger partial charge < -0.3 is 14.4 Å². The van der Waals surface area contributed by atoms with Crippen LogP contribution in [0.3, 0.4) is 0 Å². The highest BCUT2D eigenvalue weighted by Gasteiger charge is 2.24. The van der Waals surface area contributed by atoms with Crippen LogP contribution in [0.25, 0.3) is 0 Å². The summed E-state index contributed by atoms with van der Waals surface area (Å²) in [6, 6.07) is 2.03. The average Bonchev–Trinajstić information content (AvgIpc) is 2.39. The van der Waals surface area contributed by atoms with Crippen molar-refractivity contribution in [3.05, 3.63) is 22.3 Å². The normalized spacial score (nSPS) is 19.3. The number of carbonyl (C=O) groups excluding carboxylic acids is 1. The van der Waals surface area contributed by atoms with E-state index in [1.165, 1.54) is 7.11 Å². The monoisotopic (exact) mass is 328 g/mol. The number of rotatable bonds is 3. The summed E-state index contributed by atoms with van der Waals surface area (Å²) in [5.41, 5.74) is 1.10. The molecule has 1 aromatic rings. The van der Waals surface area contributed by atoms with Crippen LogP contribution in [-0.4, -0.2) is 43.9 Å². The lowest BCUT2D eigenvalue weighted by molar-refractivity contribution is -0.144. The highest BCUT2D eigenvalue weighted by Crippen LogP contribution is 2.23. The lowest BCUT2D eigenvalue weighted by Gasteiger charge is -2.34. The Hall–Kier alpha value is -1.14. The lowest BCUT2D eigenvalue weighted by atomic mass is 10.2. The van der Waals surface area contributed by atoms with Gasteiger partial charge >= 0.3 is 5.97 Å². The average molecular weight is 329 g/mol. The number of esters is 1. The molecule has 0 radical (unpaired) electrons. The van der Waals surface area contributed by atoms with E-state index >= 15 is 0 Å². The highest BCUT2D eigenvalue weighted by atomic mass is 79.9. The predicted molar refractivity (Wildman–Crippen MR) is 75.3 cm³/mol. The Labute approximate surface area is 121 Å². The summed E-state index contributed by atoms with van der Waals surface area (Å²) < 4.78 is 11.2. The van der Waals surface area contributed by atoms with Crippen molar-refractivity contribution in [1.29, 1.82) is 0 Å². The summed E-state index contributed by atoms with van der Waals surface area (Å²) in [5.74, 6) is 0.703. The van der Waals surface area contributed by atoms with Crippen LogP contribution in [-0.2, 0) is 14.3 Å². The number of hydrogen-bond acceptors (Lipinski definition) is 5. The summed E-state index contributed by atoms with van der Waals surface area (Å²) in [4.78, 5) is 17.9. The second-order valence-corrected chi connectivity index (χ2v) is 5.43. The maximum absolute atomic E-state index is 11.3. The number of carbonyl (C=O) groups is 1. The number of hydrogen-bond donors (Lipinski definition) is 0. The molecule has 2 rings (SSSR count). The van der Waals surface area contributed by atoms with Crippen molar-refractivity contribution in [2.45, 2.75) is 19.4 Å². The number of pyridine rings is 1. The summed E-state index contributed by atoms with van der Waals surface area (Å²) in [6.45, 7) is 4.06. The number of methoxy groups -OCH3 is 1. The third-order valence-corrected chi connectivity index (χ3v) is 3.51. The smallest absolute Gasteiger partial charge is 0.308 e. The first kappa shape index (κ1) is 14.3. The zero-order valence-electron chi connectivity index (χ0n) is 11.1. The summed E-state index contributed by atoms with van der Waals surface area (Å²) in [6.07, 6.45) is 1.93. The molecule has 1 aromatic heterocycles. The van der Waals surface area contributed by atoms with Crippen LogP contribution >= 0.6 is 15.9 Å². The molecule has 1 saturated heterocycles. The molecule has 2 heterocycles. The van der Waals surface area contributed by atoms with E-state index in [4.69, 9.17) is 4.74 Å². The Morgan fingerprint density at radius 1 is 1.68 bits per heavy atom. The Morgan fingerprint density at radius 3 is 3.16 bits per heavy atom. The van der Waals surface area contributed by atoms with Gasteiger partial charge in [0.15, 0.2) is 0 Å². The molecule has 0 spiro atoms. The predicted octanol–water partition coefficient (Wildman–Crippen LogP) is 1.92. The van der Waals surface area contributed by atoms with Crippen molar-refractivity contribution < 1.29 is 14.3 Å². The summed E-state index contributed by atoms with van der Waals surface area (Å²) in [7, 11) is 1.39. The van der Waals surface area contributed by atoms with Gasteiger partial charge in [-0.1, -0.05) is 0 Å². The molecule has 1 atom stereocenters. The maximum atomic E-state index is 11.3. The lowest BCUT2D eigenvalue weighted by Crippen LogP contribution is -2.44. The quantitative estimate of drug-likeness (QED) is 0.793. The van der Waals surface area contributed by atoms with E-state index in [1.807, 2.05) is 13.0 Å². The molecule has 0 saturated carbocycles. The van der Waals surface area contributed by atoms with Crippen molar-refractivity contribution in [3.8, 4) is 0 Å². The molecule has 0 bridgehead atoms. The number of ether oxygens (including phenoxy) is 2. The molecule has 104 valence electrons. The van der Waals surface area contributed by atoms with Gasteiger partial charge in [-0.05, 0) is 34.5 Å². The molecule has 1 aliphatic heterocycles. The van der Waals surface area contributed by atoms with Crippen molar-refractivity contribution >= 4 is 27.7 Å². The molecule has 0 aromatic carbocycles. The first-order valence-corrected chi connectivity index (χ1v) is 6.95. The van der Waals surface area contributed by atoms with Crippen LogP contribution in [0.5, 0.6) is 0 Å². The number of morpholine rings is 1. The minimum Gasteiger partial charge on any atom is -0.469 e. The third-order valence-electron chi connectivity index (χ3n) is 3.08. The fourth-order valence-corrected chi connectivity index (χ4v) is 2.61. The number of nitrogens with zero attached hydrogens (tertiary/aromatic N) is 2. The summed E-state index contributed by atoms with van der Waals surface area (Å²) >= 11 is 3.41. The minimum atomic E-state index is -0.243. The van der Waals surface area contributed by atoms with E-state index in [9.17, 15) is 4.79 Å². The van der Waals surface area contributed by atoms with Crippen molar-refractivity contribution in [2.24, 2.45) is 0 Å². The van der Waals surface area contributed by atoms with Crippen LogP contribution in [0.15, 0.2) is 16.7 Å². The fourth-order valence-electron chi connectivity index (χ4n) is 2.17. The van der Waals surface area contributed by atoms with Gasteiger partial charge in [0.1, 0.15) is 5.82 Å². The van der Waals surface area contributed by atoms with Crippen LogP contribution in [0.1, 0.15) is 12.0 Å². The van der Waals surface area contributed by atoms with E-state index < -0.39 is 0 Å². The van der Waals surface area contributed by atoms with E-state index in [2.05, 4.69) is 30.6 Å². The van der Waals surface area contributed by atoms with Crippen molar-refractivity contribution in [1.82, 2.24) is 4.98 Å². The van der Waals surface area contributed by atoms with E-state index in [0.717, 1.165) is 22.4 Å². The minimum absolute atomic E-state index is 0.133. The van der Waals surface area contributed by atoms with Crippen LogP contribution in [0.2, 0.25) is 0 Å². The molecular formula is C13H17BrN2O3. The van der Waals surface area contributed by atoms with Gasteiger partial charge in [0.05, 0.1) is 26.2 Å². The third kappa shape index (κ3) is 3.67. The van der Waals surface area contributed by atoms with Crippen molar-refractivity contribution in [3.63, 3.8) is 0 Å². The van der Waals surface area contributed by atoms with Crippen LogP contribution in [0, 0.1) is 6.92 Å². The maximum Gasteiger partial charge on any atom is 0.308 e. The van der Waals surface area contributed by atoms with Gasteiger partial charge in [0.2, 0.25) is 0 Å². The second kappa shape index (κ2) is 6.34. The van der Waals surface area contributed by atoms with E-state index in [-0.39, 0.29) is 18.5 Å². The topological polar surface area (TPSA) is 51.7 Å². The standard InChI is InChI=1S/C13H17BrN2O3/c1-9-5-10(14)7-15-13(9)16-3-4-19-11(8-16)6-12(17)18-2/h5,7,11H,3-4,6,8H2,1-2H3/t11-/m1/s1. The molecule has 6 heteroatoms. The molecule has 1 fully saturated rings. The van der Waals surface area contributed by atoms with Crippen LogP contribution in [0.4, 0.5) is 5.82 Å². The Balaban J connectivity index is 2.06. The second-order valence-electron chi connectivity index (χ2n) is 4.51. The number of aryl methyl sites for hydroxylation is 1. The molecule has 0 aliphatic carbocycles. The largest absolute Gasteiger partial charge is 0.469 e. The molecule has 0 N–H and O–H groups in total. The Bertz CT molecular complexity index is 467. The number of aromatic nitrogens is 1. The Morgan fingerprint density at radius 2 is 2.47 bits per heavy atom. The van der Waals surface area contributed by atoms with Gasteiger partial charge in [0, 0.05) is 23.8 Å². The number of anilines is 1. The van der Waals surface area contributed by atoms with Gasteiger partial charge in [-0.3, -0.25) is 4.79 Å². The Kier molecular flexibility index (Phi) is 4.76. The van der Waals surface area contributed by atoms with Gasteiger partial charge in [-0.25, -0.2) is 4.98 Å². The van der Waals surface area contributed by atoms with Gasteiger partial charge in [-0.2, -0.15) is 0 Å². The van der Waals surface area contributed by atoms with E-state index in [1.54, 1.807) is 6.20 Å². The molecule has 19 heavy (non-hydrogen) atoms. The first-order chi connectivity index (χ1) is 9.10. The fraction of sp³-hybridized carbons (Fsp3) is 0.538. The van der Waals surface area contributed by atoms with Crippen molar-refractivity contribution in [2.75, 3.05) is 31.7 Å². The zero-order valence-corrected chi connectivity index (χ0v) is 12.6. The zero-order chi connectivity index (χ0) is 13.8. The molecule has 5 nitrogen and oxygen atoms in total. The molecule has 1 aliphatic rings. The van der Waals surface area contributed by atoms with Gasteiger partial charge in [0.25, 0.3) is 0 Å². The summed E-state index contributed by atoms with van der Waals surface area (Å²) in [5, 5.41) is 0. The van der Waals surface area contributed by atoms with E-state index in [0.29, 0.717) is 13.2 Å². The molecule has 0 amide bonds. The molecule has 0 unspecified atom stereocenters. The number of halogens is 1. The first-order valence-electron chi connectivity index (χ1n) is 6.15. The SMILES string of the molecule is COC(=O)C[C@@H]1CN(c2ncc(Br)cc2C)CCO1. The molecular weight excluding hydrogens is 312 g/mol. The van der Waals surface area contributed by atoms with Crippen LogP contribution < -0.4 is 4.90 Å². The highest BCUT2D eigenvalue weighted by molar-refractivity contribution is 9.10. The van der Waals surface area contributed by atoms with Gasteiger partial charge in [-0.15, -0.1) is 0 Å².